The SMILES string of the molecule is Cc1nc(CN)sc1-c1nc2cccc(C)c2n1C. The molecule has 2 N–H and O–H groups in total. The number of rotatable bonds is 2. The molecule has 0 atom stereocenters. The van der Waals surface area contributed by atoms with Crippen molar-refractivity contribution in [2.24, 2.45) is 12.8 Å². The van der Waals surface area contributed by atoms with E-state index in [-0.39, 0.29) is 0 Å². The number of hydrogen-bond donors (Lipinski definition) is 1. The molecule has 0 aliphatic heterocycles. The van der Waals surface area contributed by atoms with Gasteiger partial charge in [0, 0.05) is 13.6 Å². The van der Waals surface area contributed by atoms with E-state index >= 15 is 0 Å². The Morgan fingerprint density at radius 1 is 1.26 bits per heavy atom. The Balaban J connectivity index is 2.28. The number of imidazole rings is 1. The molecule has 98 valence electrons. The van der Waals surface area contributed by atoms with Gasteiger partial charge in [-0.1, -0.05) is 12.1 Å². The predicted octanol–water partition coefficient (Wildman–Crippen LogP) is 2.77. The average molecular weight is 272 g/mol. The highest BCUT2D eigenvalue weighted by Crippen LogP contribution is 2.32. The van der Waals surface area contributed by atoms with Gasteiger partial charge >= 0.3 is 0 Å². The van der Waals surface area contributed by atoms with Crippen LogP contribution in [0.15, 0.2) is 18.2 Å². The van der Waals surface area contributed by atoms with E-state index in [1.165, 1.54) is 11.1 Å². The molecule has 1 aromatic carbocycles. The van der Waals surface area contributed by atoms with E-state index in [0.717, 1.165) is 26.9 Å². The van der Waals surface area contributed by atoms with Crippen molar-refractivity contribution in [3.8, 4) is 10.7 Å². The van der Waals surface area contributed by atoms with Gasteiger partial charge in [0.05, 0.1) is 21.6 Å². The Morgan fingerprint density at radius 2 is 2.05 bits per heavy atom. The maximum absolute atomic E-state index is 5.67. The van der Waals surface area contributed by atoms with E-state index in [9.17, 15) is 0 Å². The minimum absolute atomic E-state index is 0.481. The Labute approximate surface area is 115 Å². The molecule has 5 heteroatoms. The molecule has 0 spiro atoms. The van der Waals surface area contributed by atoms with Gasteiger partial charge in [-0.15, -0.1) is 11.3 Å². The predicted molar refractivity (Wildman–Crippen MR) is 79.2 cm³/mol. The fraction of sp³-hybridized carbons (Fsp3) is 0.286. The molecule has 0 fully saturated rings. The lowest BCUT2D eigenvalue weighted by molar-refractivity contribution is 0.954. The van der Waals surface area contributed by atoms with E-state index in [1.807, 2.05) is 19.1 Å². The van der Waals surface area contributed by atoms with Gasteiger partial charge in [0.15, 0.2) is 5.82 Å². The Hall–Kier alpha value is -1.72. The molecule has 0 radical (unpaired) electrons. The third kappa shape index (κ3) is 1.86. The van der Waals surface area contributed by atoms with E-state index in [4.69, 9.17) is 10.7 Å². The lowest BCUT2D eigenvalue weighted by Crippen LogP contribution is -1.94. The number of aromatic nitrogens is 3. The first-order chi connectivity index (χ1) is 9.11. The maximum atomic E-state index is 5.67. The molecule has 3 aromatic rings. The van der Waals surface area contributed by atoms with E-state index in [0.29, 0.717) is 6.54 Å². The molecular formula is C14H16N4S. The van der Waals surface area contributed by atoms with Crippen molar-refractivity contribution in [1.29, 1.82) is 0 Å². The van der Waals surface area contributed by atoms with Gasteiger partial charge in [-0.2, -0.15) is 0 Å². The molecular weight excluding hydrogens is 256 g/mol. The van der Waals surface area contributed by atoms with Gasteiger partial charge in [0.2, 0.25) is 0 Å². The summed E-state index contributed by atoms with van der Waals surface area (Å²) in [5.74, 6) is 0.971. The standard InChI is InChI=1S/C14H16N4S/c1-8-5-4-6-10-12(8)18(3)14(17-10)13-9(2)16-11(7-15)19-13/h4-6H,7,15H2,1-3H3. The molecule has 0 aliphatic carbocycles. The van der Waals surface area contributed by atoms with Gasteiger partial charge in [-0.3, -0.25) is 0 Å². The average Bonchev–Trinajstić information content (AvgIpc) is 2.91. The zero-order chi connectivity index (χ0) is 13.6. The number of para-hydroxylation sites is 1. The van der Waals surface area contributed by atoms with E-state index in [1.54, 1.807) is 11.3 Å². The number of nitrogens with two attached hydrogens (primary N) is 1. The number of benzene rings is 1. The fourth-order valence-electron chi connectivity index (χ4n) is 2.42. The number of aryl methyl sites for hydroxylation is 3. The van der Waals surface area contributed by atoms with Crippen molar-refractivity contribution >= 4 is 22.4 Å². The first kappa shape index (κ1) is 12.3. The smallest absolute Gasteiger partial charge is 0.152 e. The summed E-state index contributed by atoms with van der Waals surface area (Å²) in [5.41, 5.74) is 10.1. The normalized spacial score (nSPS) is 11.4. The quantitative estimate of drug-likeness (QED) is 0.780. The topological polar surface area (TPSA) is 56.7 Å². The second-order valence-corrected chi connectivity index (χ2v) is 5.75. The number of thiazole rings is 1. The summed E-state index contributed by atoms with van der Waals surface area (Å²) in [6.07, 6.45) is 0. The van der Waals surface area contributed by atoms with Crippen LogP contribution < -0.4 is 5.73 Å². The van der Waals surface area contributed by atoms with Crippen LogP contribution in [0.2, 0.25) is 0 Å². The molecule has 0 amide bonds. The number of fused-ring (bicyclic) bond motifs is 1. The third-order valence-corrected chi connectivity index (χ3v) is 4.49. The highest BCUT2D eigenvalue weighted by Gasteiger charge is 2.16. The van der Waals surface area contributed by atoms with Crippen molar-refractivity contribution in [3.63, 3.8) is 0 Å². The highest BCUT2D eigenvalue weighted by molar-refractivity contribution is 7.15. The van der Waals surface area contributed by atoms with E-state index < -0.39 is 0 Å². The van der Waals surface area contributed by atoms with Crippen LogP contribution >= 0.6 is 11.3 Å². The van der Waals surface area contributed by atoms with Crippen molar-refractivity contribution in [3.05, 3.63) is 34.5 Å². The van der Waals surface area contributed by atoms with Crippen LogP contribution in [0.1, 0.15) is 16.3 Å². The summed E-state index contributed by atoms with van der Waals surface area (Å²) in [7, 11) is 2.05. The van der Waals surface area contributed by atoms with Crippen LogP contribution in [-0.2, 0) is 13.6 Å². The van der Waals surface area contributed by atoms with Gasteiger partial charge in [0.25, 0.3) is 0 Å². The molecule has 2 aromatic heterocycles. The summed E-state index contributed by atoms with van der Waals surface area (Å²) in [6, 6.07) is 6.20. The second-order valence-electron chi connectivity index (χ2n) is 4.66. The van der Waals surface area contributed by atoms with Crippen LogP contribution in [0, 0.1) is 13.8 Å². The first-order valence-corrected chi connectivity index (χ1v) is 7.02. The molecule has 0 saturated carbocycles. The van der Waals surface area contributed by atoms with Gasteiger partial charge in [-0.05, 0) is 25.5 Å². The number of nitrogens with zero attached hydrogens (tertiary/aromatic N) is 3. The maximum Gasteiger partial charge on any atom is 0.152 e. The summed E-state index contributed by atoms with van der Waals surface area (Å²) in [4.78, 5) is 10.3. The first-order valence-electron chi connectivity index (χ1n) is 6.20. The molecule has 0 bridgehead atoms. The van der Waals surface area contributed by atoms with Crippen molar-refractivity contribution in [2.45, 2.75) is 20.4 Å². The molecule has 3 rings (SSSR count). The lowest BCUT2D eigenvalue weighted by atomic mass is 10.2. The molecule has 0 aliphatic rings. The van der Waals surface area contributed by atoms with Crippen LogP contribution in [0.5, 0.6) is 0 Å². The molecule has 19 heavy (non-hydrogen) atoms. The second kappa shape index (κ2) is 4.43. The van der Waals surface area contributed by atoms with Crippen molar-refractivity contribution < 1.29 is 0 Å². The van der Waals surface area contributed by atoms with Crippen LogP contribution in [0.25, 0.3) is 21.7 Å². The lowest BCUT2D eigenvalue weighted by Gasteiger charge is -2.02. The Kier molecular flexibility index (Phi) is 2.88. The molecule has 4 nitrogen and oxygen atoms in total. The zero-order valence-corrected chi connectivity index (χ0v) is 12.1. The van der Waals surface area contributed by atoms with Crippen molar-refractivity contribution in [2.75, 3.05) is 0 Å². The zero-order valence-electron chi connectivity index (χ0n) is 11.3. The third-order valence-electron chi connectivity index (χ3n) is 3.31. The Bertz CT molecular complexity index is 754. The minimum atomic E-state index is 0.481. The van der Waals surface area contributed by atoms with Crippen molar-refractivity contribution in [1.82, 2.24) is 14.5 Å². The van der Waals surface area contributed by atoms with Crippen LogP contribution in [0.3, 0.4) is 0 Å². The fourth-order valence-corrected chi connectivity index (χ4v) is 3.38. The summed E-state index contributed by atoms with van der Waals surface area (Å²) >= 11 is 1.63. The largest absolute Gasteiger partial charge is 0.326 e. The van der Waals surface area contributed by atoms with Gasteiger partial charge < -0.3 is 10.3 Å². The summed E-state index contributed by atoms with van der Waals surface area (Å²) in [6.45, 7) is 4.60. The molecule has 2 heterocycles. The minimum Gasteiger partial charge on any atom is -0.326 e. The monoisotopic (exact) mass is 272 g/mol. The summed E-state index contributed by atoms with van der Waals surface area (Å²) < 4.78 is 2.14. The molecule has 0 saturated heterocycles. The molecule has 0 unspecified atom stereocenters. The van der Waals surface area contributed by atoms with Crippen LogP contribution in [0.4, 0.5) is 0 Å². The highest BCUT2D eigenvalue weighted by atomic mass is 32.1. The number of hydrogen-bond acceptors (Lipinski definition) is 4. The Morgan fingerprint density at radius 3 is 2.68 bits per heavy atom. The van der Waals surface area contributed by atoms with Gasteiger partial charge in [0.1, 0.15) is 5.01 Å². The van der Waals surface area contributed by atoms with Crippen LogP contribution in [-0.4, -0.2) is 14.5 Å². The summed E-state index contributed by atoms with van der Waals surface area (Å²) in [5, 5.41) is 0.955. The van der Waals surface area contributed by atoms with E-state index in [2.05, 4.69) is 29.6 Å². The van der Waals surface area contributed by atoms with Gasteiger partial charge in [-0.25, -0.2) is 9.97 Å².